The number of ether oxygens (including phenoxy) is 1. The normalized spacial score (nSPS) is 15.2. The van der Waals surface area contributed by atoms with Crippen LogP contribution in [0.15, 0.2) is 42.9 Å². The fourth-order valence-corrected chi connectivity index (χ4v) is 3.40. The molecule has 2 amide bonds. The number of aromatic nitrogens is 2. The summed E-state index contributed by atoms with van der Waals surface area (Å²) >= 11 is 0. The Morgan fingerprint density at radius 1 is 1.20 bits per heavy atom. The van der Waals surface area contributed by atoms with E-state index < -0.39 is 0 Å². The monoisotopic (exact) mass is 411 g/mol. The summed E-state index contributed by atoms with van der Waals surface area (Å²) in [5.41, 5.74) is 1.87. The minimum Gasteiger partial charge on any atom is -0.493 e. The van der Waals surface area contributed by atoms with Crippen LogP contribution in [0.25, 0.3) is 0 Å². The molecular formula is C23H33N5O2. The number of piperidine rings is 1. The lowest BCUT2D eigenvalue weighted by Crippen LogP contribution is -2.48. The van der Waals surface area contributed by atoms with Crippen molar-refractivity contribution >= 4 is 6.03 Å². The Labute approximate surface area is 179 Å². The molecule has 2 aromatic rings. The number of rotatable bonds is 8. The van der Waals surface area contributed by atoms with Crippen molar-refractivity contribution in [3.8, 4) is 5.75 Å². The van der Waals surface area contributed by atoms with Gasteiger partial charge in [-0.1, -0.05) is 26.0 Å². The van der Waals surface area contributed by atoms with Gasteiger partial charge in [0.25, 0.3) is 0 Å². The van der Waals surface area contributed by atoms with Gasteiger partial charge in [-0.25, -0.2) is 14.8 Å². The maximum Gasteiger partial charge on any atom is 0.318 e. The third-order valence-corrected chi connectivity index (χ3v) is 5.21. The molecule has 7 heteroatoms. The Balaban J connectivity index is 1.65. The van der Waals surface area contributed by atoms with Gasteiger partial charge >= 0.3 is 6.03 Å². The first kappa shape index (κ1) is 22.0. The van der Waals surface area contributed by atoms with Crippen molar-refractivity contribution in [2.45, 2.75) is 45.8 Å². The number of amides is 2. The molecule has 1 saturated heterocycles. The van der Waals surface area contributed by atoms with Crippen LogP contribution >= 0.6 is 0 Å². The van der Waals surface area contributed by atoms with E-state index in [-0.39, 0.29) is 12.1 Å². The molecule has 7 nitrogen and oxygen atoms in total. The van der Waals surface area contributed by atoms with Gasteiger partial charge in [0, 0.05) is 18.8 Å². The first-order valence-electron chi connectivity index (χ1n) is 10.7. The van der Waals surface area contributed by atoms with Crippen LogP contribution < -0.4 is 10.1 Å². The first-order chi connectivity index (χ1) is 14.5. The summed E-state index contributed by atoms with van der Waals surface area (Å²) in [5, 5.41) is 3.22. The molecule has 1 aromatic carbocycles. The number of urea groups is 1. The first-order valence-corrected chi connectivity index (χ1v) is 10.7. The van der Waals surface area contributed by atoms with Gasteiger partial charge in [0.15, 0.2) is 0 Å². The standard InChI is InChI=1S/C23H33N5O2/c1-18(2)16-30-22-6-4-19(5-7-22)14-28(15-21-8-11-24-17-25-21)23(29)26-20-9-12-27(3)13-10-20/h4-8,11,17-18,20H,9-10,12-16H2,1-3H3,(H,26,29). The van der Waals surface area contributed by atoms with Crippen LogP contribution in [0.4, 0.5) is 4.79 Å². The molecule has 0 spiro atoms. The topological polar surface area (TPSA) is 70.6 Å². The lowest BCUT2D eigenvalue weighted by atomic mass is 10.1. The van der Waals surface area contributed by atoms with Gasteiger partial charge in [-0.05, 0) is 62.7 Å². The maximum absolute atomic E-state index is 13.1. The van der Waals surface area contributed by atoms with E-state index in [1.165, 1.54) is 6.33 Å². The number of likely N-dealkylation sites (tertiary alicyclic amines) is 1. The number of carbonyl (C=O) groups is 1. The fraction of sp³-hybridized carbons (Fsp3) is 0.522. The highest BCUT2D eigenvalue weighted by Crippen LogP contribution is 2.16. The van der Waals surface area contributed by atoms with Gasteiger partial charge in [-0.3, -0.25) is 0 Å². The van der Waals surface area contributed by atoms with E-state index in [9.17, 15) is 4.79 Å². The summed E-state index contributed by atoms with van der Waals surface area (Å²) < 4.78 is 5.77. The van der Waals surface area contributed by atoms with E-state index in [2.05, 4.69) is 41.1 Å². The average Bonchev–Trinajstić information content (AvgIpc) is 2.75. The van der Waals surface area contributed by atoms with Crippen LogP contribution in [-0.2, 0) is 13.1 Å². The van der Waals surface area contributed by atoms with E-state index >= 15 is 0 Å². The van der Waals surface area contributed by atoms with Crippen molar-refractivity contribution in [2.24, 2.45) is 5.92 Å². The summed E-state index contributed by atoms with van der Waals surface area (Å²) in [7, 11) is 2.12. The number of hydrogen-bond acceptors (Lipinski definition) is 5. The van der Waals surface area contributed by atoms with Gasteiger partial charge in [0.05, 0.1) is 18.8 Å². The zero-order chi connectivity index (χ0) is 21.3. The number of nitrogens with one attached hydrogen (secondary N) is 1. The summed E-state index contributed by atoms with van der Waals surface area (Å²) in [4.78, 5) is 25.5. The lowest BCUT2D eigenvalue weighted by molar-refractivity contribution is 0.175. The highest BCUT2D eigenvalue weighted by atomic mass is 16.5. The van der Waals surface area contributed by atoms with Gasteiger partial charge in [0.1, 0.15) is 12.1 Å². The Morgan fingerprint density at radius 2 is 1.93 bits per heavy atom. The SMILES string of the molecule is CC(C)COc1ccc(CN(Cc2ccncn2)C(=O)NC2CCN(C)CC2)cc1. The summed E-state index contributed by atoms with van der Waals surface area (Å²) in [6.07, 6.45) is 5.18. The molecule has 0 bridgehead atoms. The number of hydrogen-bond donors (Lipinski definition) is 1. The number of nitrogens with zero attached hydrogens (tertiary/aromatic N) is 4. The van der Waals surface area contributed by atoms with E-state index in [4.69, 9.17) is 4.74 Å². The molecule has 0 radical (unpaired) electrons. The number of carbonyl (C=O) groups excluding carboxylic acids is 1. The van der Waals surface area contributed by atoms with Gasteiger partial charge in [-0.2, -0.15) is 0 Å². The lowest BCUT2D eigenvalue weighted by Gasteiger charge is -2.32. The van der Waals surface area contributed by atoms with Crippen LogP contribution in [0.5, 0.6) is 5.75 Å². The van der Waals surface area contributed by atoms with Crippen molar-refractivity contribution in [1.82, 2.24) is 25.1 Å². The zero-order valence-electron chi connectivity index (χ0n) is 18.3. The van der Waals surface area contributed by atoms with Crippen LogP contribution in [0.2, 0.25) is 0 Å². The minimum absolute atomic E-state index is 0.0525. The molecule has 1 aliphatic rings. The Hall–Kier alpha value is -2.67. The predicted octanol–water partition coefficient (Wildman–Crippen LogP) is 3.32. The molecule has 162 valence electrons. The zero-order valence-corrected chi connectivity index (χ0v) is 18.3. The molecule has 2 heterocycles. The second-order valence-corrected chi connectivity index (χ2v) is 8.43. The molecule has 1 aromatic heterocycles. The maximum atomic E-state index is 13.1. The van der Waals surface area contributed by atoms with Crippen LogP contribution in [-0.4, -0.2) is 58.6 Å². The van der Waals surface area contributed by atoms with E-state index in [0.717, 1.165) is 42.9 Å². The van der Waals surface area contributed by atoms with Crippen LogP contribution in [0.1, 0.15) is 37.9 Å². The summed E-state index contributed by atoms with van der Waals surface area (Å²) in [6, 6.07) is 9.98. The highest BCUT2D eigenvalue weighted by Gasteiger charge is 2.22. The van der Waals surface area contributed by atoms with Gasteiger partial charge < -0.3 is 19.9 Å². The third kappa shape index (κ3) is 6.99. The van der Waals surface area contributed by atoms with Crippen molar-refractivity contribution in [3.63, 3.8) is 0 Å². The van der Waals surface area contributed by atoms with E-state index in [1.54, 1.807) is 6.20 Å². The van der Waals surface area contributed by atoms with Crippen molar-refractivity contribution in [2.75, 3.05) is 26.7 Å². The molecule has 1 fully saturated rings. The van der Waals surface area contributed by atoms with Gasteiger partial charge in [-0.15, -0.1) is 0 Å². The smallest absolute Gasteiger partial charge is 0.318 e. The molecule has 0 atom stereocenters. The molecule has 0 aliphatic carbocycles. The van der Waals surface area contributed by atoms with E-state index in [1.807, 2.05) is 35.2 Å². The second kappa shape index (κ2) is 10.9. The molecular weight excluding hydrogens is 378 g/mol. The minimum atomic E-state index is -0.0525. The average molecular weight is 412 g/mol. The Kier molecular flexibility index (Phi) is 8.02. The fourth-order valence-electron chi connectivity index (χ4n) is 3.40. The second-order valence-electron chi connectivity index (χ2n) is 8.43. The van der Waals surface area contributed by atoms with Gasteiger partial charge in [0.2, 0.25) is 0 Å². The van der Waals surface area contributed by atoms with E-state index in [0.29, 0.717) is 25.6 Å². The Morgan fingerprint density at radius 3 is 2.57 bits per heavy atom. The predicted molar refractivity (Wildman–Crippen MR) is 117 cm³/mol. The van der Waals surface area contributed by atoms with Crippen LogP contribution in [0.3, 0.4) is 0 Å². The molecule has 0 saturated carbocycles. The molecule has 1 N–H and O–H groups in total. The van der Waals surface area contributed by atoms with Crippen molar-refractivity contribution in [3.05, 3.63) is 54.1 Å². The molecule has 3 rings (SSSR count). The number of benzene rings is 1. The summed E-state index contributed by atoms with van der Waals surface area (Å²) in [6.45, 7) is 7.91. The largest absolute Gasteiger partial charge is 0.493 e. The molecule has 0 unspecified atom stereocenters. The molecule has 30 heavy (non-hydrogen) atoms. The van der Waals surface area contributed by atoms with Crippen molar-refractivity contribution < 1.29 is 9.53 Å². The quantitative estimate of drug-likeness (QED) is 0.722. The summed E-state index contributed by atoms with van der Waals surface area (Å²) in [5.74, 6) is 1.34. The van der Waals surface area contributed by atoms with Crippen molar-refractivity contribution in [1.29, 1.82) is 0 Å². The molecule has 1 aliphatic heterocycles. The third-order valence-electron chi connectivity index (χ3n) is 5.21. The highest BCUT2D eigenvalue weighted by molar-refractivity contribution is 5.74. The van der Waals surface area contributed by atoms with Crippen LogP contribution in [0, 0.1) is 5.92 Å². The Bertz CT molecular complexity index is 774.